The molecule has 3 unspecified atom stereocenters. The molecule has 1 amide bonds. The highest BCUT2D eigenvalue weighted by Crippen LogP contribution is 2.34. The Morgan fingerprint density at radius 3 is 2.87 bits per heavy atom. The maximum atomic E-state index is 12.3. The first-order valence-electron chi connectivity index (χ1n) is 8.47. The number of likely N-dealkylation sites (tertiary alicyclic amines) is 1. The van der Waals surface area contributed by atoms with Gasteiger partial charge in [0.1, 0.15) is 5.82 Å². The van der Waals surface area contributed by atoms with Gasteiger partial charge in [-0.05, 0) is 44.4 Å². The largest absolute Gasteiger partial charge is 0.393 e. The van der Waals surface area contributed by atoms with Gasteiger partial charge in [-0.2, -0.15) is 0 Å². The predicted octanol–water partition coefficient (Wildman–Crippen LogP) is 2.69. The van der Waals surface area contributed by atoms with Crippen LogP contribution in [0.1, 0.15) is 38.5 Å². The number of carbonyl (C=O) groups excluding carboxylic acids is 1. The first kappa shape index (κ1) is 16.7. The maximum Gasteiger partial charge on any atom is 0.239 e. The molecule has 0 bridgehead atoms. The van der Waals surface area contributed by atoms with E-state index in [1.54, 1.807) is 12.1 Å². The summed E-state index contributed by atoms with van der Waals surface area (Å²) >= 11 is 5.80. The van der Waals surface area contributed by atoms with Gasteiger partial charge in [-0.25, -0.2) is 4.98 Å². The third kappa shape index (κ3) is 4.22. The van der Waals surface area contributed by atoms with Gasteiger partial charge in [0.05, 0.1) is 17.7 Å². The lowest BCUT2D eigenvalue weighted by molar-refractivity contribution is -0.118. The Hall–Kier alpha value is -1.17. The van der Waals surface area contributed by atoms with Crippen molar-refractivity contribution in [3.05, 3.63) is 23.4 Å². The fourth-order valence-electron chi connectivity index (χ4n) is 3.94. The van der Waals surface area contributed by atoms with Gasteiger partial charge in [-0.1, -0.05) is 24.4 Å². The summed E-state index contributed by atoms with van der Waals surface area (Å²) in [5.74, 6) is 0.776. The Morgan fingerprint density at radius 1 is 1.30 bits per heavy atom. The van der Waals surface area contributed by atoms with E-state index in [0.29, 0.717) is 29.3 Å². The van der Waals surface area contributed by atoms with E-state index in [9.17, 15) is 9.90 Å². The Balaban J connectivity index is 1.57. The number of aliphatic hydroxyl groups is 1. The van der Waals surface area contributed by atoms with Crippen molar-refractivity contribution in [1.82, 2.24) is 9.88 Å². The normalized spacial score (nSPS) is 28.7. The van der Waals surface area contributed by atoms with Crippen LogP contribution in [0.25, 0.3) is 0 Å². The number of aromatic nitrogens is 1. The molecule has 23 heavy (non-hydrogen) atoms. The van der Waals surface area contributed by atoms with Crippen molar-refractivity contribution in [2.75, 3.05) is 18.4 Å². The summed E-state index contributed by atoms with van der Waals surface area (Å²) in [6.07, 6.45) is 7.76. The van der Waals surface area contributed by atoms with Crippen molar-refractivity contribution in [1.29, 1.82) is 0 Å². The monoisotopic (exact) mass is 337 g/mol. The van der Waals surface area contributed by atoms with E-state index in [4.69, 9.17) is 11.6 Å². The molecule has 2 heterocycles. The third-order valence-corrected chi connectivity index (χ3v) is 5.26. The number of pyridine rings is 1. The second kappa shape index (κ2) is 7.60. The van der Waals surface area contributed by atoms with Gasteiger partial charge in [-0.3, -0.25) is 9.69 Å². The fraction of sp³-hybridized carbons (Fsp3) is 0.647. The number of amides is 1. The second-order valence-electron chi connectivity index (χ2n) is 6.61. The predicted molar refractivity (Wildman–Crippen MR) is 90.4 cm³/mol. The van der Waals surface area contributed by atoms with Crippen LogP contribution in [-0.4, -0.2) is 46.1 Å². The van der Waals surface area contributed by atoms with Crippen molar-refractivity contribution in [2.45, 2.75) is 50.7 Å². The first-order valence-corrected chi connectivity index (χ1v) is 8.85. The number of hydrogen-bond donors (Lipinski definition) is 2. The SMILES string of the molecule is O=C(CN1CCCC1C1CCCCC1O)Nc1ccc(Cl)cn1. The molecule has 126 valence electrons. The van der Waals surface area contributed by atoms with Crippen molar-refractivity contribution in [3.8, 4) is 0 Å². The Labute approximate surface area is 142 Å². The van der Waals surface area contributed by atoms with Gasteiger partial charge in [0.15, 0.2) is 0 Å². The van der Waals surface area contributed by atoms with Gasteiger partial charge in [0.25, 0.3) is 0 Å². The Bertz CT molecular complexity index is 537. The van der Waals surface area contributed by atoms with Gasteiger partial charge in [0, 0.05) is 18.2 Å². The molecule has 5 nitrogen and oxygen atoms in total. The van der Waals surface area contributed by atoms with E-state index in [-0.39, 0.29) is 12.0 Å². The number of aliphatic hydroxyl groups excluding tert-OH is 1. The highest BCUT2D eigenvalue weighted by atomic mass is 35.5. The highest BCUT2D eigenvalue weighted by molar-refractivity contribution is 6.30. The van der Waals surface area contributed by atoms with Crippen LogP contribution in [0.3, 0.4) is 0 Å². The lowest BCUT2D eigenvalue weighted by atomic mass is 9.80. The van der Waals surface area contributed by atoms with Crippen LogP contribution in [0.5, 0.6) is 0 Å². The van der Waals surface area contributed by atoms with Crippen LogP contribution >= 0.6 is 11.6 Å². The zero-order valence-corrected chi connectivity index (χ0v) is 14.0. The van der Waals surface area contributed by atoms with Crippen molar-refractivity contribution < 1.29 is 9.90 Å². The number of anilines is 1. The molecule has 3 atom stereocenters. The Morgan fingerprint density at radius 2 is 2.13 bits per heavy atom. The minimum atomic E-state index is -0.213. The fourth-order valence-corrected chi connectivity index (χ4v) is 4.05. The molecule has 1 saturated carbocycles. The summed E-state index contributed by atoms with van der Waals surface area (Å²) in [7, 11) is 0. The average molecular weight is 338 g/mol. The van der Waals surface area contributed by atoms with Crippen LogP contribution in [0.4, 0.5) is 5.82 Å². The zero-order valence-electron chi connectivity index (χ0n) is 13.2. The molecule has 2 fully saturated rings. The van der Waals surface area contributed by atoms with E-state index in [0.717, 1.165) is 38.6 Å². The van der Waals surface area contributed by atoms with E-state index in [1.807, 2.05) is 0 Å². The smallest absolute Gasteiger partial charge is 0.239 e. The van der Waals surface area contributed by atoms with Crippen molar-refractivity contribution in [3.63, 3.8) is 0 Å². The first-order chi connectivity index (χ1) is 11.1. The molecular formula is C17H24ClN3O2. The zero-order chi connectivity index (χ0) is 16.2. The standard InChI is InChI=1S/C17H24ClN3O2/c18-12-7-8-16(19-10-12)20-17(23)11-21-9-3-5-14(21)13-4-1-2-6-15(13)22/h7-8,10,13-15,22H,1-6,9,11H2,(H,19,20,23). The van der Waals surface area contributed by atoms with Crippen LogP contribution in [-0.2, 0) is 4.79 Å². The summed E-state index contributed by atoms with van der Waals surface area (Å²) in [6, 6.07) is 3.74. The lowest BCUT2D eigenvalue weighted by Crippen LogP contribution is -2.45. The van der Waals surface area contributed by atoms with Gasteiger partial charge in [0.2, 0.25) is 5.91 Å². The lowest BCUT2D eigenvalue weighted by Gasteiger charge is -2.36. The van der Waals surface area contributed by atoms with E-state index >= 15 is 0 Å². The van der Waals surface area contributed by atoms with Crippen molar-refractivity contribution >= 4 is 23.3 Å². The van der Waals surface area contributed by atoms with E-state index < -0.39 is 0 Å². The third-order valence-electron chi connectivity index (χ3n) is 5.03. The molecule has 1 aliphatic carbocycles. The molecule has 0 aromatic carbocycles. The van der Waals surface area contributed by atoms with Gasteiger partial charge in [-0.15, -0.1) is 0 Å². The molecule has 1 aliphatic heterocycles. The topological polar surface area (TPSA) is 65.5 Å². The van der Waals surface area contributed by atoms with Crippen LogP contribution < -0.4 is 5.32 Å². The minimum absolute atomic E-state index is 0.0583. The molecule has 6 heteroatoms. The summed E-state index contributed by atoms with van der Waals surface area (Å²) < 4.78 is 0. The average Bonchev–Trinajstić information content (AvgIpc) is 2.98. The maximum absolute atomic E-state index is 12.3. The quantitative estimate of drug-likeness (QED) is 0.886. The van der Waals surface area contributed by atoms with Crippen LogP contribution in [0.15, 0.2) is 18.3 Å². The number of hydrogen-bond acceptors (Lipinski definition) is 4. The van der Waals surface area contributed by atoms with Crippen LogP contribution in [0, 0.1) is 5.92 Å². The highest BCUT2D eigenvalue weighted by Gasteiger charge is 2.37. The summed E-state index contributed by atoms with van der Waals surface area (Å²) in [5.41, 5.74) is 0. The molecule has 0 spiro atoms. The number of nitrogens with zero attached hydrogens (tertiary/aromatic N) is 2. The second-order valence-corrected chi connectivity index (χ2v) is 7.04. The number of carbonyl (C=O) groups is 1. The van der Waals surface area contributed by atoms with E-state index in [2.05, 4.69) is 15.2 Å². The van der Waals surface area contributed by atoms with Gasteiger partial charge >= 0.3 is 0 Å². The summed E-state index contributed by atoms with van der Waals surface area (Å²) in [5, 5.41) is 13.7. The van der Waals surface area contributed by atoms with E-state index in [1.165, 1.54) is 12.6 Å². The summed E-state index contributed by atoms with van der Waals surface area (Å²) in [6.45, 7) is 1.29. The molecule has 3 rings (SSSR count). The molecule has 2 N–H and O–H groups in total. The molecule has 2 aliphatic rings. The number of nitrogens with one attached hydrogen (secondary N) is 1. The number of rotatable bonds is 4. The molecule has 1 saturated heterocycles. The van der Waals surface area contributed by atoms with Crippen LogP contribution in [0.2, 0.25) is 5.02 Å². The molecule has 1 aromatic heterocycles. The molecule has 1 aromatic rings. The summed E-state index contributed by atoms with van der Waals surface area (Å²) in [4.78, 5) is 18.6. The van der Waals surface area contributed by atoms with Crippen molar-refractivity contribution in [2.24, 2.45) is 5.92 Å². The number of halogens is 1. The minimum Gasteiger partial charge on any atom is -0.393 e. The molecule has 0 radical (unpaired) electrons. The Kier molecular flexibility index (Phi) is 5.51. The molecular weight excluding hydrogens is 314 g/mol. The van der Waals surface area contributed by atoms with Gasteiger partial charge < -0.3 is 10.4 Å².